The van der Waals surface area contributed by atoms with E-state index in [1.165, 1.54) is 19.2 Å². The summed E-state index contributed by atoms with van der Waals surface area (Å²) in [7, 11) is 1.42. The van der Waals surface area contributed by atoms with Gasteiger partial charge in [-0.2, -0.15) is 5.10 Å². The number of carbonyl (C=O) groups is 2. The molecule has 3 N–H and O–H groups in total. The zero-order valence-electron chi connectivity index (χ0n) is 20.0. The molecule has 0 bridgehead atoms. The van der Waals surface area contributed by atoms with E-state index in [4.69, 9.17) is 4.74 Å². The Kier molecular flexibility index (Phi) is 6.39. The van der Waals surface area contributed by atoms with Crippen LogP contribution in [0.3, 0.4) is 0 Å². The molecule has 2 aromatic heterocycles. The van der Waals surface area contributed by atoms with Gasteiger partial charge < -0.3 is 20.3 Å². The van der Waals surface area contributed by atoms with Gasteiger partial charge in [-0.3, -0.25) is 14.7 Å². The number of alkyl halides is 2. The topological polar surface area (TPSA) is 112 Å². The van der Waals surface area contributed by atoms with Gasteiger partial charge in [-0.05, 0) is 44.7 Å². The molecule has 2 atom stereocenters. The summed E-state index contributed by atoms with van der Waals surface area (Å²) in [5.74, 6) is -4.90. The molecule has 2 aliphatic heterocycles. The van der Waals surface area contributed by atoms with Gasteiger partial charge in [-0.25, -0.2) is 18.2 Å². The minimum absolute atomic E-state index is 0.0487. The number of H-pyrrole nitrogens is 1. The van der Waals surface area contributed by atoms with Crippen LogP contribution in [-0.4, -0.2) is 76.6 Å². The molecule has 1 saturated carbocycles. The van der Waals surface area contributed by atoms with Gasteiger partial charge in [0.15, 0.2) is 5.82 Å². The van der Waals surface area contributed by atoms with Gasteiger partial charge in [-0.15, -0.1) is 0 Å². The van der Waals surface area contributed by atoms with Crippen molar-refractivity contribution in [1.29, 1.82) is 0 Å². The average Bonchev–Trinajstić information content (AvgIpc) is 3.44. The average molecular weight is 507 g/mol. The van der Waals surface area contributed by atoms with Crippen molar-refractivity contribution in [2.75, 3.05) is 33.3 Å². The molecule has 2 saturated heterocycles. The molecule has 4 heterocycles. The smallest absolute Gasteiger partial charge is 0.272 e. The van der Waals surface area contributed by atoms with Crippen LogP contribution < -0.4 is 15.4 Å². The van der Waals surface area contributed by atoms with Crippen LogP contribution in [0, 0.1) is 17.7 Å². The molecule has 1 spiro atoms. The van der Waals surface area contributed by atoms with E-state index in [2.05, 4.69) is 25.8 Å². The molecule has 2 aromatic rings. The van der Waals surface area contributed by atoms with E-state index in [0.717, 1.165) is 19.0 Å². The SMILES string of the molecule is COc1cc(-c2cc(C(=O)N3CC[C@H](C(=O)NC[C@H]4CCNCC4(F)F)CC34CC4)[nH]n2)c(F)cn1. The number of rotatable bonds is 6. The maximum Gasteiger partial charge on any atom is 0.272 e. The Morgan fingerprint density at radius 3 is 2.81 bits per heavy atom. The van der Waals surface area contributed by atoms with Gasteiger partial charge in [-0.1, -0.05) is 0 Å². The van der Waals surface area contributed by atoms with Gasteiger partial charge in [0.2, 0.25) is 11.8 Å². The number of aromatic amines is 1. The quantitative estimate of drug-likeness (QED) is 0.555. The third-order valence-corrected chi connectivity index (χ3v) is 7.62. The van der Waals surface area contributed by atoms with E-state index in [1.807, 2.05) is 0 Å². The summed E-state index contributed by atoms with van der Waals surface area (Å²) in [5.41, 5.74) is 0.216. The van der Waals surface area contributed by atoms with Gasteiger partial charge in [0.1, 0.15) is 5.69 Å². The molecule has 2 amide bonds. The first-order valence-corrected chi connectivity index (χ1v) is 12.2. The first-order chi connectivity index (χ1) is 17.2. The fourth-order valence-corrected chi connectivity index (χ4v) is 5.30. The Labute approximate surface area is 206 Å². The highest BCUT2D eigenvalue weighted by Gasteiger charge is 2.54. The molecule has 9 nitrogen and oxygen atoms in total. The summed E-state index contributed by atoms with van der Waals surface area (Å²) in [6.45, 7) is 0.462. The Balaban J connectivity index is 1.22. The van der Waals surface area contributed by atoms with E-state index in [1.54, 1.807) is 4.90 Å². The number of carbonyl (C=O) groups excluding carboxylic acids is 2. The highest BCUT2D eigenvalue weighted by Crippen LogP contribution is 2.50. The highest BCUT2D eigenvalue weighted by atomic mass is 19.3. The van der Waals surface area contributed by atoms with Crippen molar-refractivity contribution in [3.05, 3.63) is 29.8 Å². The standard InChI is InChI=1S/C24H29F3N6O3/c1-36-20-8-16(17(25)12-29-20)18-9-19(32-31-18)22(35)33-7-3-14(10-23(33)4-5-23)21(34)30-11-15-2-6-28-13-24(15,26)27/h8-9,12,14-15,28H,2-7,10-11,13H2,1H3,(H,30,34)(H,31,32)/t14-,15+/m0/s1. The van der Waals surface area contributed by atoms with E-state index < -0.39 is 23.2 Å². The predicted octanol–water partition coefficient (Wildman–Crippen LogP) is 2.37. The van der Waals surface area contributed by atoms with Crippen molar-refractivity contribution >= 4 is 11.8 Å². The van der Waals surface area contributed by atoms with E-state index >= 15 is 0 Å². The lowest BCUT2D eigenvalue weighted by Crippen LogP contribution is -2.53. The second kappa shape index (κ2) is 9.38. The Morgan fingerprint density at radius 1 is 1.28 bits per heavy atom. The third kappa shape index (κ3) is 4.65. The number of hydrogen-bond donors (Lipinski definition) is 3. The molecule has 5 rings (SSSR count). The fourth-order valence-electron chi connectivity index (χ4n) is 5.30. The predicted molar refractivity (Wildman–Crippen MR) is 123 cm³/mol. The molecule has 0 radical (unpaired) electrons. The molecule has 194 valence electrons. The van der Waals surface area contributed by atoms with Gasteiger partial charge in [0.25, 0.3) is 11.8 Å². The van der Waals surface area contributed by atoms with Gasteiger partial charge in [0.05, 0.1) is 25.5 Å². The lowest BCUT2D eigenvalue weighted by molar-refractivity contribution is -0.128. The lowest BCUT2D eigenvalue weighted by Gasteiger charge is -2.39. The zero-order chi connectivity index (χ0) is 25.5. The van der Waals surface area contributed by atoms with Crippen LogP contribution in [0.2, 0.25) is 0 Å². The van der Waals surface area contributed by atoms with Crippen LogP contribution in [-0.2, 0) is 4.79 Å². The van der Waals surface area contributed by atoms with E-state index in [-0.39, 0.29) is 53.7 Å². The Hall–Kier alpha value is -3.15. The number of likely N-dealkylation sites (tertiary alicyclic amines) is 1. The summed E-state index contributed by atoms with van der Waals surface area (Å²) in [6, 6.07) is 2.90. The number of nitrogens with zero attached hydrogens (tertiary/aromatic N) is 3. The van der Waals surface area contributed by atoms with Crippen molar-refractivity contribution in [2.24, 2.45) is 11.8 Å². The van der Waals surface area contributed by atoms with E-state index in [0.29, 0.717) is 32.4 Å². The first-order valence-electron chi connectivity index (χ1n) is 12.2. The Bertz CT molecular complexity index is 1150. The number of ether oxygens (including phenoxy) is 1. The molecule has 12 heteroatoms. The summed E-state index contributed by atoms with van der Waals surface area (Å²) in [6.07, 6.45) is 3.82. The van der Waals surface area contributed by atoms with Crippen molar-refractivity contribution in [2.45, 2.75) is 43.6 Å². The highest BCUT2D eigenvalue weighted by molar-refractivity contribution is 5.94. The maximum absolute atomic E-state index is 14.3. The first kappa shape index (κ1) is 24.5. The van der Waals surface area contributed by atoms with Crippen LogP contribution >= 0.6 is 0 Å². The number of hydrogen-bond acceptors (Lipinski definition) is 6. The van der Waals surface area contributed by atoms with Gasteiger partial charge >= 0.3 is 0 Å². The molecule has 1 aliphatic carbocycles. The summed E-state index contributed by atoms with van der Waals surface area (Å²) in [5, 5.41) is 12.2. The summed E-state index contributed by atoms with van der Waals surface area (Å²) < 4.78 is 47.5. The number of pyridine rings is 1. The lowest BCUT2D eigenvalue weighted by atomic mass is 9.87. The van der Waals surface area contributed by atoms with Crippen LogP contribution in [0.4, 0.5) is 13.2 Å². The number of amides is 2. The van der Waals surface area contributed by atoms with E-state index in [9.17, 15) is 22.8 Å². The maximum atomic E-state index is 14.3. The van der Waals surface area contributed by atoms with Crippen molar-refractivity contribution < 1.29 is 27.5 Å². The van der Waals surface area contributed by atoms with Crippen molar-refractivity contribution in [1.82, 2.24) is 30.7 Å². The summed E-state index contributed by atoms with van der Waals surface area (Å²) in [4.78, 5) is 31.7. The molecule has 3 fully saturated rings. The van der Waals surface area contributed by atoms with Crippen molar-refractivity contribution in [3.8, 4) is 17.1 Å². The number of methoxy groups -OCH3 is 1. The Morgan fingerprint density at radius 2 is 2.08 bits per heavy atom. The van der Waals surface area contributed by atoms with Crippen LogP contribution in [0.5, 0.6) is 5.88 Å². The largest absolute Gasteiger partial charge is 0.481 e. The minimum atomic E-state index is -2.84. The fraction of sp³-hybridized carbons (Fsp3) is 0.583. The molecule has 3 aliphatic rings. The number of piperidine rings is 2. The molecular formula is C24H29F3N6O3. The molecule has 36 heavy (non-hydrogen) atoms. The van der Waals surface area contributed by atoms with Crippen LogP contribution in [0.1, 0.15) is 42.6 Å². The summed E-state index contributed by atoms with van der Waals surface area (Å²) >= 11 is 0. The number of aromatic nitrogens is 3. The normalized spacial score (nSPS) is 24.4. The third-order valence-electron chi connectivity index (χ3n) is 7.62. The second-order valence-corrected chi connectivity index (χ2v) is 9.91. The van der Waals surface area contributed by atoms with Crippen LogP contribution in [0.15, 0.2) is 18.3 Å². The minimum Gasteiger partial charge on any atom is -0.481 e. The van der Waals surface area contributed by atoms with Crippen LogP contribution in [0.25, 0.3) is 11.3 Å². The zero-order valence-corrected chi connectivity index (χ0v) is 20.0. The number of nitrogens with one attached hydrogen (secondary N) is 3. The number of halogens is 3. The molecule has 0 aromatic carbocycles. The second-order valence-electron chi connectivity index (χ2n) is 9.91. The molecular weight excluding hydrogens is 477 g/mol. The molecule has 0 unspecified atom stereocenters. The van der Waals surface area contributed by atoms with Crippen molar-refractivity contribution in [3.63, 3.8) is 0 Å². The van der Waals surface area contributed by atoms with Gasteiger partial charge in [0, 0.05) is 42.1 Å². The monoisotopic (exact) mass is 506 g/mol.